The molecule has 0 spiro atoms. The fourth-order valence-electron chi connectivity index (χ4n) is 1.86. The number of piperidine rings is 1. The maximum atomic E-state index is 11.8. The minimum Gasteiger partial charge on any atom is -0.465 e. The van der Waals surface area contributed by atoms with Gasteiger partial charge in [-0.3, -0.25) is 9.59 Å². The third-order valence-corrected chi connectivity index (χ3v) is 2.73. The fraction of sp³-hybridized carbons (Fsp3) is 0.727. The van der Waals surface area contributed by atoms with Gasteiger partial charge >= 0.3 is 12.1 Å². The van der Waals surface area contributed by atoms with Crippen LogP contribution in [0.15, 0.2) is 0 Å². The van der Waals surface area contributed by atoms with Crippen molar-refractivity contribution in [1.82, 2.24) is 4.90 Å². The minimum atomic E-state index is -0.891. The average Bonchev–Trinajstić information content (AvgIpc) is 2.31. The number of amides is 1. The van der Waals surface area contributed by atoms with Crippen LogP contribution in [0.25, 0.3) is 0 Å². The quantitative estimate of drug-likeness (QED) is 0.520. The number of carbonyl (C=O) groups excluding carboxylic acids is 3. The number of carbonyl (C=O) groups is 3. The van der Waals surface area contributed by atoms with E-state index in [1.807, 2.05) is 0 Å². The lowest BCUT2D eigenvalue weighted by Crippen LogP contribution is -2.51. The van der Waals surface area contributed by atoms with Gasteiger partial charge in [0, 0.05) is 19.0 Å². The molecule has 1 aliphatic rings. The van der Waals surface area contributed by atoms with Crippen LogP contribution >= 0.6 is 0 Å². The summed E-state index contributed by atoms with van der Waals surface area (Å²) >= 11 is 0. The second kappa shape index (κ2) is 5.65. The van der Waals surface area contributed by atoms with Gasteiger partial charge in [0.1, 0.15) is 5.92 Å². The molecule has 0 bridgehead atoms. The van der Waals surface area contributed by atoms with Crippen LogP contribution in [-0.2, 0) is 19.1 Å². The van der Waals surface area contributed by atoms with Crippen LogP contribution in [0.5, 0.6) is 0 Å². The molecule has 6 heteroatoms. The molecule has 2 atom stereocenters. The number of hydrogen-bond acceptors (Lipinski definition) is 5. The Morgan fingerprint density at radius 1 is 1.41 bits per heavy atom. The highest BCUT2D eigenvalue weighted by molar-refractivity contribution is 6.01. The van der Waals surface area contributed by atoms with Gasteiger partial charge in [-0.15, -0.1) is 0 Å². The van der Waals surface area contributed by atoms with E-state index in [0.29, 0.717) is 0 Å². The number of Topliss-reactive ketones (excluding diaryl/α,β-unsaturated/α-hetero) is 1. The normalized spacial score (nSPS) is 24.4. The van der Waals surface area contributed by atoms with Crippen molar-refractivity contribution in [3.05, 3.63) is 0 Å². The number of ketones is 1. The average molecular weight is 243 g/mol. The SMILES string of the molecule is CCOC(=O)C1CN(C(=O)OC)CC(C)C1=O. The van der Waals surface area contributed by atoms with E-state index in [1.54, 1.807) is 13.8 Å². The van der Waals surface area contributed by atoms with Gasteiger partial charge < -0.3 is 14.4 Å². The zero-order valence-electron chi connectivity index (χ0n) is 10.3. The molecule has 96 valence electrons. The molecule has 17 heavy (non-hydrogen) atoms. The third-order valence-electron chi connectivity index (χ3n) is 2.73. The van der Waals surface area contributed by atoms with Gasteiger partial charge in [0.05, 0.1) is 13.7 Å². The van der Waals surface area contributed by atoms with Crippen molar-refractivity contribution in [2.24, 2.45) is 11.8 Å². The molecule has 1 heterocycles. The number of nitrogens with zero attached hydrogens (tertiary/aromatic N) is 1. The summed E-state index contributed by atoms with van der Waals surface area (Å²) in [6, 6.07) is 0. The minimum absolute atomic E-state index is 0.0364. The molecule has 0 saturated carbocycles. The summed E-state index contributed by atoms with van der Waals surface area (Å²) in [5, 5.41) is 0. The number of hydrogen-bond donors (Lipinski definition) is 0. The van der Waals surface area contributed by atoms with Gasteiger partial charge in [-0.2, -0.15) is 0 Å². The predicted octanol–water partition coefficient (Wildman–Crippen LogP) is 0.453. The molecule has 1 fully saturated rings. The first-order valence-corrected chi connectivity index (χ1v) is 5.54. The summed E-state index contributed by atoms with van der Waals surface area (Å²) in [7, 11) is 1.27. The summed E-state index contributed by atoms with van der Waals surface area (Å²) in [6.07, 6.45) is -0.529. The Labute approximate surface area is 99.9 Å². The Morgan fingerprint density at radius 2 is 2.06 bits per heavy atom. The van der Waals surface area contributed by atoms with Crippen LogP contribution in [0.1, 0.15) is 13.8 Å². The zero-order chi connectivity index (χ0) is 13.0. The first kappa shape index (κ1) is 13.5. The molecule has 1 amide bonds. The van der Waals surface area contributed by atoms with Crippen molar-refractivity contribution in [2.75, 3.05) is 26.8 Å². The largest absolute Gasteiger partial charge is 0.465 e. The van der Waals surface area contributed by atoms with E-state index in [1.165, 1.54) is 12.0 Å². The molecule has 0 aromatic rings. The standard InChI is InChI=1S/C11H17NO5/c1-4-17-10(14)8-6-12(11(15)16-3)5-7(2)9(8)13/h7-8H,4-6H2,1-3H3. The molecular formula is C11H17NO5. The van der Waals surface area contributed by atoms with Crippen LogP contribution in [-0.4, -0.2) is 49.6 Å². The molecular weight excluding hydrogens is 226 g/mol. The number of rotatable bonds is 2. The highest BCUT2D eigenvalue weighted by atomic mass is 16.5. The maximum Gasteiger partial charge on any atom is 0.409 e. The van der Waals surface area contributed by atoms with Crippen LogP contribution in [0.2, 0.25) is 0 Å². The van der Waals surface area contributed by atoms with E-state index in [9.17, 15) is 14.4 Å². The van der Waals surface area contributed by atoms with Gasteiger partial charge in [-0.25, -0.2) is 4.79 Å². The first-order chi connectivity index (χ1) is 8.01. The van der Waals surface area contributed by atoms with E-state index in [-0.39, 0.29) is 31.4 Å². The monoisotopic (exact) mass is 243 g/mol. The van der Waals surface area contributed by atoms with Crippen LogP contribution in [0.3, 0.4) is 0 Å². The van der Waals surface area contributed by atoms with Crippen molar-refractivity contribution in [3.63, 3.8) is 0 Å². The molecule has 0 aromatic heterocycles. The first-order valence-electron chi connectivity index (χ1n) is 5.54. The van der Waals surface area contributed by atoms with Gasteiger partial charge in [-0.1, -0.05) is 6.92 Å². The van der Waals surface area contributed by atoms with E-state index >= 15 is 0 Å². The van der Waals surface area contributed by atoms with Crippen molar-refractivity contribution < 1.29 is 23.9 Å². The topological polar surface area (TPSA) is 72.9 Å². The lowest BCUT2D eigenvalue weighted by atomic mass is 9.89. The van der Waals surface area contributed by atoms with Crippen molar-refractivity contribution in [3.8, 4) is 0 Å². The Hall–Kier alpha value is -1.59. The number of ether oxygens (including phenoxy) is 2. The van der Waals surface area contributed by atoms with Gasteiger partial charge in [-0.05, 0) is 6.92 Å². The summed E-state index contributed by atoms with van der Waals surface area (Å²) in [6.45, 7) is 3.89. The van der Waals surface area contributed by atoms with Crippen molar-refractivity contribution >= 4 is 17.8 Å². The van der Waals surface area contributed by atoms with E-state index in [0.717, 1.165) is 0 Å². The highest BCUT2D eigenvalue weighted by Crippen LogP contribution is 2.20. The second-order valence-electron chi connectivity index (χ2n) is 3.98. The van der Waals surface area contributed by atoms with E-state index < -0.39 is 18.0 Å². The number of methoxy groups -OCH3 is 1. The van der Waals surface area contributed by atoms with Crippen molar-refractivity contribution in [1.29, 1.82) is 0 Å². The van der Waals surface area contributed by atoms with Crippen LogP contribution < -0.4 is 0 Å². The molecule has 1 saturated heterocycles. The lowest BCUT2D eigenvalue weighted by molar-refractivity contribution is -0.155. The summed E-state index contributed by atoms with van der Waals surface area (Å²) < 4.78 is 9.41. The molecule has 0 radical (unpaired) electrons. The Bertz CT molecular complexity index is 328. The molecule has 0 aliphatic carbocycles. The Balaban J connectivity index is 2.78. The van der Waals surface area contributed by atoms with E-state index in [2.05, 4.69) is 4.74 Å². The zero-order valence-corrected chi connectivity index (χ0v) is 10.3. The molecule has 6 nitrogen and oxygen atoms in total. The Morgan fingerprint density at radius 3 is 2.59 bits per heavy atom. The van der Waals surface area contributed by atoms with Gasteiger partial charge in [0.2, 0.25) is 0 Å². The van der Waals surface area contributed by atoms with Gasteiger partial charge in [0.15, 0.2) is 5.78 Å². The third kappa shape index (κ3) is 2.95. The summed E-state index contributed by atoms with van der Waals surface area (Å²) in [5.41, 5.74) is 0. The van der Waals surface area contributed by atoms with Crippen LogP contribution in [0, 0.1) is 11.8 Å². The number of likely N-dealkylation sites (tertiary alicyclic amines) is 1. The maximum absolute atomic E-state index is 11.8. The van der Waals surface area contributed by atoms with Crippen molar-refractivity contribution in [2.45, 2.75) is 13.8 Å². The molecule has 0 N–H and O–H groups in total. The van der Waals surface area contributed by atoms with E-state index in [4.69, 9.17) is 4.74 Å². The molecule has 2 unspecified atom stereocenters. The van der Waals surface area contributed by atoms with Crippen LogP contribution in [0.4, 0.5) is 4.79 Å². The highest BCUT2D eigenvalue weighted by Gasteiger charge is 2.40. The summed E-state index contributed by atoms with van der Waals surface area (Å²) in [4.78, 5) is 36.1. The number of esters is 1. The molecule has 1 aliphatic heterocycles. The Kier molecular flexibility index (Phi) is 4.48. The molecule has 1 rings (SSSR count). The fourth-order valence-corrected chi connectivity index (χ4v) is 1.86. The second-order valence-corrected chi connectivity index (χ2v) is 3.98. The predicted molar refractivity (Wildman–Crippen MR) is 58.3 cm³/mol. The molecule has 0 aromatic carbocycles. The van der Waals surface area contributed by atoms with Gasteiger partial charge in [0.25, 0.3) is 0 Å². The lowest BCUT2D eigenvalue weighted by Gasteiger charge is -2.33. The summed E-state index contributed by atoms with van der Waals surface area (Å²) in [5.74, 6) is -2.02. The smallest absolute Gasteiger partial charge is 0.409 e.